The molecule has 1 saturated carbocycles. The maximum absolute atomic E-state index is 12.0. The van der Waals surface area contributed by atoms with Gasteiger partial charge in [0.25, 0.3) is 0 Å². The highest BCUT2D eigenvalue weighted by Crippen LogP contribution is 2.27. The van der Waals surface area contributed by atoms with E-state index < -0.39 is 10.0 Å². The maximum atomic E-state index is 12.0. The number of nitrogens with one attached hydrogen (secondary N) is 2. The van der Waals surface area contributed by atoms with Crippen molar-refractivity contribution in [1.82, 2.24) is 14.9 Å². The number of hydrogen-bond donors (Lipinski definition) is 2. The molecule has 0 aromatic rings. The number of hydrogen-bond acceptors (Lipinski definition) is 5. The molecular formula is C12H24ClN3O3S2. The molecule has 21 heavy (non-hydrogen) atoms. The van der Waals surface area contributed by atoms with E-state index in [1.165, 1.54) is 17.1 Å². The number of amides is 1. The third-order valence-electron chi connectivity index (χ3n) is 3.46. The zero-order chi connectivity index (χ0) is 14.4. The molecule has 2 fully saturated rings. The van der Waals surface area contributed by atoms with Crippen molar-refractivity contribution in [2.75, 3.05) is 50.0 Å². The van der Waals surface area contributed by atoms with Crippen molar-refractivity contribution in [1.29, 1.82) is 0 Å². The molecule has 124 valence electrons. The third-order valence-corrected chi connectivity index (χ3v) is 6.28. The summed E-state index contributed by atoms with van der Waals surface area (Å²) in [5, 5.41) is 5.74. The lowest BCUT2D eigenvalue weighted by Crippen LogP contribution is -2.43. The predicted octanol–water partition coefficient (Wildman–Crippen LogP) is -0.0974. The fourth-order valence-electron chi connectivity index (χ4n) is 2.05. The zero-order valence-electron chi connectivity index (χ0n) is 12.0. The average molecular weight is 358 g/mol. The minimum absolute atomic E-state index is 0. The molecule has 0 aromatic heterocycles. The molecule has 1 aliphatic heterocycles. The molecule has 0 atom stereocenters. The molecule has 1 amide bonds. The number of carbonyl (C=O) groups is 1. The first-order valence-electron chi connectivity index (χ1n) is 7.11. The monoisotopic (exact) mass is 357 g/mol. The topological polar surface area (TPSA) is 78.5 Å². The van der Waals surface area contributed by atoms with Crippen molar-refractivity contribution in [3.63, 3.8) is 0 Å². The van der Waals surface area contributed by atoms with Gasteiger partial charge in [-0.05, 0) is 25.3 Å². The first-order valence-corrected chi connectivity index (χ1v) is 9.87. The second-order valence-electron chi connectivity index (χ2n) is 5.25. The van der Waals surface area contributed by atoms with Crippen molar-refractivity contribution < 1.29 is 13.2 Å². The lowest BCUT2D eigenvalue weighted by molar-refractivity contribution is -0.120. The van der Waals surface area contributed by atoms with E-state index in [-0.39, 0.29) is 37.2 Å². The van der Waals surface area contributed by atoms with Gasteiger partial charge in [-0.2, -0.15) is 11.8 Å². The van der Waals surface area contributed by atoms with Gasteiger partial charge in [0.2, 0.25) is 15.9 Å². The summed E-state index contributed by atoms with van der Waals surface area (Å²) >= 11 is 1.78. The zero-order valence-corrected chi connectivity index (χ0v) is 14.5. The van der Waals surface area contributed by atoms with Crippen molar-refractivity contribution in [2.24, 2.45) is 5.92 Å². The Labute approximate surface area is 137 Å². The van der Waals surface area contributed by atoms with E-state index in [2.05, 4.69) is 10.6 Å². The largest absolute Gasteiger partial charge is 0.354 e. The molecule has 0 bridgehead atoms. The number of nitrogens with zero attached hydrogens (tertiary/aromatic N) is 1. The summed E-state index contributed by atoms with van der Waals surface area (Å²) in [6, 6.07) is 0. The van der Waals surface area contributed by atoms with Crippen LogP contribution in [0.3, 0.4) is 0 Å². The highest BCUT2D eigenvalue weighted by atomic mass is 35.5. The Balaban J connectivity index is 0.00000220. The van der Waals surface area contributed by atoms with E-state index >= 15 is 0 Å². The van der Waals surface area contributed by atoms with Crippen LogP contribution in [0.15, 0.2) is 0 Å². The number of halogens is 1. The van der Waals surface area contributed by atoms with Gasteiger partial charge in [0.1, 0.15) is 0 Å². The predicted molar refractivity (Wildman–Crippen MR) is 88.5 cm³/mol. The van der Waals surface area contributed by atoms with Gasteiger partial charge in [-0.15, -0.1) is 12.4 Å². The second-order valence-corrected chi connectivity index (χ2v) is 8.56. The van der Waals surface area contributed by atoms with Crippen LogP contribution in [0, 0.1) is 5.92 Å². The lowest BCUT2D eigenvalue weighted by Gasteiger charge is -2.25. The summed E-state index contributed by atoms with van der Waals surface area (Å²) in [6.07, 6.45) is 2.50. The van der Waals surface area contributed by atoms with E-state index in [0.29, 0.717) is 13.1 Å². The van der Waals surface area contributed by atoms with E-state index in [1.54, 1.807) is 11.8 Å². The van der Waals surface area contributed by atoms with Crippen molar-refractivity contribution in [3.05, 3.63) is 0 Å². The number of rotatable bonds is 8. The van der Waals surface area contributed by atoms with E-state index in [4.69, 9.17) is 0 Å². The molecule has 1 saturated heterocycles. The standard InChI is InChI=1S/C12H23N3O3S2.ClH/c16-12(10-13-9-11-1-2-11)14-3-8-20(17,18)15-4-6-19-7-5-15;/h11,13H,1-10H2,(H,14,16);1H. The van der Waals surface area contributed by atoms with Gasteiger partial charge < -0.3 is 10.6 Å². The van der Waals surface area contributed by atoms with Crippen molar-refractivity contribution in [2.45, 2.75) is 12.8 Å². The number of carbonyl (C=O) groups excluding carboxylic acids is 1. The van der Waals surface area contributed by atoms with Crippen molar-refractivity contribution in [3.8, 4) is 0 Å². The Hall–Kier alpha value is -0.0200. The third kappa shape index (κ3) is 7.19. The SMILES string of the molecule is Cl.O=C(CNCC1CC1)NCCS(=O)(=O)N1CCSCC1. The summed E-state index contributed by atoms with van der Waals surface area (Å²) in [5.41, 5.74) is 0. The Kier molecular flexibility index (Phi) is 8.33. The summed E-state index contributed by atoms with van der Waals surface area (Å²) in [6.45, 7) is 2.53. The minimum atomic E-state index is -3.22. The quantitative estimate of drug-likeness (QED) is 0.634. The fourth-order valence-corrected chi connectivity index (χ4v) is 4.54. The molecule has 1 aliphatic carbocycles. The van der Waals surface area contributed by atoms with Crippen LogP contribution in [0.5, 0.6) is 0 Å². The highest BCUT2D eigenvalue weighted by molar-refractivity contribution is 7.99. The van der Waals surface area contributed by atoms with E-state index in [0.717, 1.165) is 24.0 Å². The van der Waals surface area contributed by atoms with Gasteiger partial charge in [-0.25, -0.2) is 12.7 Å². The van der Waals surface area contributed by atoms with Crippen molar-refractivity contribution >= 4 is 40.1 Å². The first kappa shape index (κ1) is 19.0. The molecule has 0 spiro atoms. The first-order chi connectivity index (χ1) is 9.58. The smallest absolute Gasteiger partial charge is 0.233 e. The Morgan fingerprint density at radius 3 is 2.52 bits per heavy atom. The molecule has 9 heteroatoms. The van der Waals surface area contributed by atoms with Crippen LogP contribution in [0.25, 0.3) is 0 Å². The van der Waals surface area contributed by atoms with Gasteiger partial charge in [0.05, 0.1) is 12.3 Å². The summed E-state index contributed by atoms with van der Waals surface area (Å²) < 4.78 is 25.6. The van der Waals surface area contributed by atoms with Crippen LogP contribution in [0.2, 0.25) is 0 Å². The van der Waals surface area contributed by atoms with E-state index in [1.807, 2.05) is 0 Å². The molecule has 2 rings (SSSR count). The highest BCUT2D eigenvalue weighted by Gasteiger charge is 2.24. The molecule has 0 unspecified atom stereocenters. The fraction of sp³-hybridized carbons (Fsp3) is 0.917. The van der Waals surface area contributed by atoms with Crippen LogP contribution < -0.4 is 10.6 Å². The van der Waals surface area contributed by atoms with Crippen LogP contribution in [0.4, 0.5) is 0 Å². The Bertz CT molecular complexity index is 423. The van der Waals surface area contributed by atoms with Crippen LogP contribution in [-0.4, -0.2) is 68.6 Å². The Morgan fingerprint density at radius 1 is 1.24 bits per heavy atom. The molecule has 6 nitrogen and oxygen atoms in total. The second kappa shape index (κ2) is 9.19. The van der Waals surface area contributed by atoms with Crippen LogP contribution in [0.1, 0.15) is 12.8 Å². The Morgan fingerprint density at radius 2 is 1.90 bits per heavy atom. The summed E-state index contributed by atoms with van der Waals surface area (Å²) in [5.74, 6) is 2.31. The molecule has 2 aliphatic rings. The molecule has 1 heterocycles. The number of sulfonamides is 1. The molecular weight excluding hydrogens is 334 g/mol. The lowest BCUT2D eigenvalue weighted by atomic mass is 10.4. The normalized spacial score (nSPS) is 19.8. The maximum Gasteiger partial charge on any atom is 0.233 e. The summed E-state index contributed by atoms with van der Waals surface area (Å²) in [4.78, 5) is 11.5. The number of thioether (sulfide) groups is 1. The summed E-state index contributed by atoms with van der Waals surface area (Å²) in [7, 11) is -3.22. The van der Waals surface area contributed by atoms with Crippen LogP contribution >= 0.6 is 24.2 Å². The van der Waals surface area contributed by atoms with Gasteiger partial charge in [-0.3, -0.25) is 4.79 Å². The van der Waals surface area contributed by atoms with E-state index in [9.17, 15) is 13.2 Å². The minimum Gasteiger partial charge on any atom is -0.354 e. The molecule has 0 radical (unpaired) electrons. The van der Waals surface area contributed by atoms with Gasteiger partial charge in [0.15, 0.2) is 0 Å². The van der Waals surface area contributed by atoms with Gasteiger partial charge in [-0.1, -0.05) is 0 Å². The average Bonchev–Trinajstić information content (AvgIpc) is 3.24. The van der Waals surface area contributed by atoms with Gasteiger partial charge >= 0.3 is 0 Å². The van der Waals surface area contributed by atoms with Gasteiger partial charge in [0, 0.05) is 31.1 Å². The molecule has 0 aromatic carbocycles. The van der Waals surface area contributed by atoms with Crippen LogP contribution in [-0.2, 0) is 14.8 Å². The molecule has 2 N–H and O–H groups in total.